The quantitative estimate of drug-likeness (QED) is 0.261. The smallest absolute Gasteiger partial charge is 0.418 e. The van der Waals surface area contributed by atoms with E-state index >= 15 is 0 Å². The molecule has 1 rings (SSSR count). The fourth-order valence-corrected chi connectivity index (χ4v) is 3.27. The van der Waals surface area contributed by atoms with Crippen LogP contribution < -0.4 is 0 Å². The average Bonchev–Trinajstić information content (AvgIpc) is 2.66. The second kappa shape index (κ2) is 10.4. The molecule has 1 unspecified atom stereocenters. The number of rotatable bonds is 9. The first kappa shape index (κ1) is 26.9. The molecule has 32 heavy (non-hydrogen) atoms. The summed E-state index contributed by atoms with van der Waals surface area (Å²) in [5.74, 6) is -5.37. The van der Waals surface area contributed by atoms with E-state index in [4.69, 9.17) is 19.3 Å². The van der Waals surface area contributed by atoms with Gasteiger partial charge in [0.25, 0.3) is 0 Å². The molecule has 1 aromatic carbocycles. The number of carbonyl (C=O) groups excluding carboxylic acids is 3. The Bertz CT molecular complexity index is 852. The summed E-state index contributed by atoms with van der Waals surface area (Å²) >= 11 is 0. The highest BCUT2D eigenvalue weighted by Crippen LogP contribution is 2.41. The monoisotopic (exact) mass is 448 g/mol. The molecule has 8 nitrogen and oxygen atoms in total. The minimum absolute atomic E-state index is 0.150. The lowest BCUT2D eigenvalue weighted by atomic mass is 9.70. The Morgan fingerprint density at radius 2 is 1.50 bits per heavy atom. The average molecular weight is 449 g/mol. The van der Waals surface area contributed by atoms with Gasteiger partial charge in [-0.15, -0.1) is 6.58 Å². The van der Waals surface area contributed by atoms with Gasteiger partial charge in [-0.3, -0.25) is 0 Å². The van der Waals surface area contributed by atoms with Crippen molar-refractivity contribution >= 4 is 23.9 Å². The van der Waals surface area contributed by atoms with Crippen LogP contribution in [0.1, 0.15) is 66.1 Å². The molecule has 1 atom stereocenters. The van der Waals surface area contributed by atoms with Crippen LogP contribution >= 0.6 is 0 Å². The fourth-order valence-electron chi connectivity index (χ4n) is 3.27. The zero-order valence-electron chi connectivity index (χ0n) is 19.5. The molecule has 0 radical (unpaired) electrons. The molecule has 1 aromatic rings. The summed E-state index contributed by atoms with van der Waals surface area (Å²) in [5.41, 5.74) is -2.44. The lowest BCUT2D eigenvalue weighted by Gasteiger charge is -2.44. The van der Waals surface area contributed by atoms with E-state index in [2.05, 4.69) is 6.58 Å². The van der Waals surface area contributed by atoms with Crippen LogP contribution in [0.2, 0.25) is 0 Å². The third kappa shape index (κ3) is 7.51. The maximum absolute atomic E-state index is 12.5. The number of carbonyl (C=O) groups is 4. The minimum Gasteiger partial charge on any atom is -0.473 e. The number of hydrogen-bond donors (Lipinski definition) is 1. The number of ether oxygens (including phenoxy) is 3. The third-order valence-electron chi connectivity index (χ3n) is 5.36. The molecule has 0 aliphatic rings. The van der Waals surface area contributed by atoms with Gasteiger partial charge in [0, 0.05) is 11.8 Å². The van der Waals surface area contributed by atoms with Crippen molar-refractivity contribution in [2.45, 2.75) is 71.7 Å². The highest BCUT2D eigenvalue weighted by atomic mass is 16.6. The standard InChI is InChI=1S/C24H32O8/c1-8-12-17(16-13-10-9-11-14-16)30-20(28)21(29)32-24(6,7)22(2,3)15-23(4,5)31-19(27)18(25)26/h8-11,13-14,17H,1,12,15H2,2-7H3,(H,25,26). The zero-order valence-corrected chi connectivity index (χ0v) is 19.5. The van der Waals surface area contributed by atoms with Crippen LogP contribution in [0.5, 0.6) is 0 Å². The van der Waals surface area contributed by atoms with Gasteiger partial charge in [0.05, 0.1) is 0 Å². The van der Waals surface area contributed by atoms with Crippen LogP contribution in [0.15, 0.2) is 43.0 Å². The summed E-state index contributed by atoms with van der Waals surface area (Å²) in [6.07, 6.45) is 1.38. The molecule has 1 N–H and O–H groups in total. The van der Waals surface area contributed by atoms with Crippen molar-refractivity contribution < 1.29 is 38.5 Å². The maximum Gasteiger partial charge on any atom is 0.418 e. The second-order valence-electron chi connectivity index (χ2n) is 9.24. The normalized spacial score (nSPS) is 12.9. The molecule has 0 aliphatic carbocycles. The van der Waals surface area contributed by atoms with Crippen molar-refractivity contribution in [3.63, 3.8) is 0 Å². The molecule has 0 fully saturated rings. The molecule has 0 saturated heterocycles. The number of carboxylic acids is 1. The first-order valence-electron chi connectivity index (χ1n) is 10.2. The van der Waals surface area contributed by atoms with Crippen LogP contribution in [-0.4, -0.2) is 40.2 Å². The first-order chi connectivity index (χ1) is 14.6. The predicted molar refractivity (Wildman–Crippen MR) is 116 cm³/mol. The van der Waals surface area contributed by atoms with E-state index in [1.54, 1.807) is 71.9 Å². The van der Waals surface area contributed by atoms with Gasteiger partial charge in [0.2, 0.25) is 0 Å². The van der Waals surface area contributed by atoms with Gasteiger partial charge in [-0.2, -0.15) is 0 Å². The summed E-state index contributed by atoms with van der Waals surface area (Å²) in [7, 11) is 0. The molecule has 176 valence electrons. The summed E-state index contributed by atoms with van der Waals surface area (Å²) in [4.78, 5) is 47.2. The fraction of sp³-hybridized carbons (Fsp3) is 0.500. The van der Waals surface area contributed by atoms with Gasteiger partial charge >= 0.3 is 23.9 Å². The Morgan fingerprint density at radius 3 is 2.00 bits per heavy atom. The third-order valence-corrected chi connectivity index (χ3v) is 5.36. The highest BCUT2D eigenvalue weighted by molar-refractivity contribution is 6.30. The summed E-state index contributed by atoms with van der Waals surface area (Å²) in [5, 5.41) is 8.77. The molecular formula is C24H32O8. The minimum atomic E-state index is -1.70. The van der Waals surface area contributed by atoms with Crippen molar-refractivity contribution in [3.05, 3.63) is 48.6 Å². The summed E-state index contributed by atoms with van der Waals surface area (Å²) < 4.78 is 15.9. The van der Waals surface area contributed by atoms with Gasteiger partial charge in [-0.05, 0) is 39.7 Å². The van der Waals surface area contributed by atoms with Gasteiger partial charge in [-0.1, -0.05) is 50.3 Å². The number of hydrogen-bond acceptors (Lipinski definition) is 7. The van der Waals surface area contributed by atoms with Crippen LogP contribution in [-0.2, 0) is 33.4 Å². The molecule has 8 heteroatoms. The van der Waals surface area contributed by atoms with Crippen molar-refractivity contribution in [1.82, 2.24) is 0 Å². The molecule has 0 aliphatic heterocycles. The maximum atomic E-state index is 12.5. The van der Waals surface area contributed by atoms with Crippen molar-refractivity contribution in [3.8, 4) is 0 Å². The number of esters is 3. The molecule has 0 amide bonds. The van der Waals surface area contributed by atoms with Gasteiger partial charge in [-0.25, -0.2) is 19.2 Å². The van der Waals surface area contributed by atoms with Crippen molar-refractivity contribution in [1.29, 1.82) is 0 Å². The SMILES string of the molecule is C=CCC(OC(=O)C(=O)OC(C)(C)C(C)(C)CC(C)(C)OC(=O)C(=O)O)c1ccccc1. The van der Waals surface area contributed by atoms with Crippen molar-refractivity contribution in [2.75, 3.05) is 0 Å². The summed E-state index contributed by atoms with van der Waals surface area (Å²) in [6.45, 7) is 13.5. The molecule has 0 bridgehead atoms. The van der Waals surface area contributed by atoms with Crippen molar-refractivity contribution in [2.24, 2.45) is 5.41 Å². The molecule has 0 saturated carbocycles. The molecule has 0 spiro atoms. The van der Waals surface area contributed by atoms with Crippen LogP contribution in [0.3, 0.4) is 0 Å². The van der Waals surface area contributed by atoms with E-state index in [1.807, 2.05) is 6.07 Å². The van der Waals surface area contributed by atoms with Gasteiger partial charge in [0.1, 0.15) is 17.3 Å². The summed E-state index contributed by atoms with van der Waals surface area (Å²) in [6, 6.07) is 8.97. The van der Waals surface area contributed by atoms with E-state index in [0.717, 1.165) is 5.56 Å². The van der Waals surface area contributed by atoms with Crippen LogP contribution in [0, 0.1) is 5.41 Å². The van der Waals surface area contributed by atoms with E-state index in [0.29, 0.717) is 6.42 Å². The first-order valence-corrected chi connectivity index (χ1v) is 10.2. The largest absolute Gasteiger partial charge is 0.473 e. The van der Waals surface area contributed by atoms with E-state index in [1.165, 1.54) is 0 Å². The van der Waals surface area contributed by atoms with E-state index in [-0.39, 0.29) is 6.42 Å². The zero-order chi connectivity index (χ0) is 24.7. The van der Waals surface area contributed by atoms with Gasteiger partial charge in [0.15, 0.2) is 0 Å². The lowest BCUT2D eigenvalue weighted by molar-refractivity contribution is -0.191. The van der Waals surface area contributed by atoms with Crippen LogP contribution in [0.25, 0.3) is 0 Å². The molecule has 0 heterocycles. The predicted octanol–water partition coefficient (Wildman–Crippen LogP) is 3.99. The molecule has 0 aromatic heterocycles. The second-order valence-corrected chi connectivity index (χ2v) is 9.24. The Balaban J connectivity index is 2.89. The Kier molecular flexibility index (Phi) is 8.76. The van der Waals surface area contributed by atoms with Crippen LogP contribution in [0.4, 0.5) is 0 Å². The Hall–Kier alpha value is -3.16. The lowest BCUT2D eigenvalue weighted by Crippen LogP contribution is -2.49. The number of aliphatic carboxylic acids is 1. The number of benzene rings is 1. The van der Waals surface area contributed by atoms with E-state index in [9.17, 15) is 19.2 Å². The highest BCUT2D eigenvalue weighted by Gasteiger charge is 2.46. The molecular weight excluding hydrogens is 416 g/mol. The van der Waals surface area contributed by atoms with Gasteiger partial charge < -0.3 is 19.3 Å². The Labute approximate surface area is 188 Å². The topological polar surface area (TPSA) is 116 Å². The number of carboxylic acid groups (broad SMARTS) is 1. The Morgan fingerprint density at radius 1 is 0.938 bits per heavy atom. The van der Waals surface area contributed by atoms with E-state index < -0.39 is 46.6 Å².